The van der Waals surface area contributed by atoms with Gasteiger partial charge in [-0.05, 0) is 44.0 Å². The highest BCUT2D eigenvalue weighted by atomic mass is 19.1. The molecule has 3 nitrogen and oxygen atoms in total. The second-order valence-electron chi connectivity index (χ2n) is 4.58. The molecule has 1 N–H and O–H groups in total. The van der Waals surface area contributed by atoms with Crippen LogP contribution in [0.5, 0.6) is 0 Å². The van der Waals surface area contributed by atoms with E-state index in [1.807, 2.05) is 0 Å². The van der Waals surface area contributed by atoms with Gasteiger partial charge in [0.1, 0.15) is 5.82 Å². The Bertz CT molecular complexity index is 433. The van der Waals surface area contributed by atoms with Crippen molar-refractivity contribution in [1.29, 1.82) is 0 Å². The van der Waals surface area contributed by atoms with Crippen LogP contribution in [0, 0.1) is 5.82 Å². The van der Waals surface area contributed by atoms with Crippen LogP contribution in [0.25, 0.3) is 0 Å². The monoisotopic (exact) mass is 237 g/mol. The molecule has 1 aromatic rings. The van der Waals surface area contributed by atoms with Gasteiger partial charge in [-0.25, -0.2) is 9.18 Å². The van der Waals surface area contributed by atoms with Crippen LogP contribution in [0.15, 0.2) is 18.2 Å². The molecule has 2 rings (SSSR count). The molecule has 0 bridgehead atoms. The number of halogens is 1. The van der Waals surface area contributed by atoms with Gasteiger partial charge >= 0.3 is 5.97 Å². The van der Waals surface area contributed by atoms with Crippen molar-refractivity contribution in [2.75, 3.05) is 6.54 Å². The molecule has 1 unspecified atom stereocenters. The number of aromatic carboxylic acids is 1. The average molecular weight is 237 g/mol. The number of likely N-dealkylation sites (tertiary alicyclic amines) is 1. The van der Waals surface area contributed by atoms with Gasteiger partial charge in [-0.15, -0.1) is 0 Å². The van der Waals surface area contributed by atoms with Crippen LogP contribution in [0.1, 0.15) is 35.7 Å². The van der Waals surface area contributed by atoms with E-state index in [0.29, 0.717) is 12.6 Å². The third kappa shape index (κ3) is 2.64. The van der Waals surface area contributed by atoms with E-state index in [4.69, 9.17) is 5.11 Å². The lowest BCUT2D eigenvalue weighted by Gasteiger charge is -2.20. The third-order valence-corrected chi connectivity index (χ3v) is 3.34. The Labute approximate surface area is 99.9 Å². The van der Waals surface area contributed by atoms with E-state index in [1.165, 1.54) is 25.0 Å². The second-order valence-corrected chi connectivity index (χ2v) is 4.58. The molecule has 0 spiro atoms. The van der Waals surface area contributed by atoms with Gasteiger partial charge in [0.15, 0.2) is 0 Å². The number of carbonyl (C=O) groups is 1. The van der Waals surface area contributed by atoms with E-state index in [0.717, 1.165) is 12.1 Å². The van der Waals surface area contributed by atoms with Crippen LogP contribution >= 0.6 is 0 Å². The molecule has 1 aliphatic rings. The summed E-state index contributed by atoms with van der Waals surface area (Å²) in [6.07, 6.45) is 2.35. The molecular formula is C13H16FNO2. The number of nitrogens with zero attached hydrogens (tertiary/aromatic N) is 1. The van der Waals surface area contributed by atoms with Crippen molar-refractivity contribution < 1.29 is 14.3 Å². The van der Waals surface area contributed by atoms with Crippen molar-refractivity contribution >= 4 is 5.97 Å². The lowest BCUT2D eigenvalue weighted by atomic mass is 10.1. The summed E-state index contributed by atoms with van der Waals surface area (Å²) in [6.45, 7) is 3.89. The minimum Gasteiger partial charge on any atom is -0.478 e. The molecule has 0 amide bonds. The topological polar surface area (TPSA) is 40.5 Å². The summed E-state index contributed by atoms with van der Waals surface area (Å²) >= 11 is 0. The summed E-state index contributed by atoms with van der Waals surface area (Å²) in [4.78, 5) is 13.0. The van der Waals surface area contributed by atoms with Crippen LogP contribution in [-0.2, 0) is 6.54 Å². The molecule has 0 aliphatic carbocycles. The molecule has 1 atom stereocenters. The minimum atomic E-state index is -1.22. The van der Waals surface area contributed by atoms with Gasteiger partial charge in [-0.2, -0.15) is 0 Å². The molecule has 1 saturated heterocycles. The Morgan fingerprint density at radius 1 is 1.59 bits per heavy atom. The molecule has 4 heteroatoms. The minimum absolute atomic E-state index is 0.261. The fourth-order valence-electron chi connectivity index (χ4n) is 2.29. The van der Waals surface area contributed by atoms with Crippen molar-refractivity contribution in [2.24, 2.45) is 0 Å². The first-order valence-corrected chi connectivity index (χ1v) is 5.83. The van der Waals surface area contributed by atoms with Crippen LogP contribution in [0.3, 0.4) is 0 Å². The smallest absolute Gasteiger partial charge is 0.338 e. The van der Waals surface area contributed by atoms with E-state index in [9.17, 15) is 9.18 Å². The lowest BCUT2D eigenvalue weighted by molar-refractivity contribution is 0.0692. The largest absolute Gasteiger partial charge is 0.478 e. The average Bonchev–Trinajstić information content (AvgIpc) is 2.64. The van der Waals surface area contributed by atoms with Crippen LogP contribution in [0.2, 0.25) is 0 Å². The van der Waals surface area contributed by atoms with Crippen molar-refractivity contribution in [3.8, 4) is 0 Å². The van der Waals surface area contributed by atoms with Gasteiger partial charge in [0.25, 0.3) is 0 Å². The van der Waals surface area contributed by atoms with Gasteiger partial charge in [0, 0.05) is 12.6 Å². The van der Waals surface area contributed by atoms with Gasteiger partial charge in [0.2, 0.25) is 0 Å². The number of carboxylic acid groups (broad SMARTS) is 1. The molecule has 92 valence electrons. The van der Waals surface area contributed by atoms with E-state index in [2.05, 4.69) is 11.8 Å². The lowest BCUT2D eigenvalue weighted by Crippen LogP contribution is -2.26. The number of benzene rings is 1. The van der Waals surface area contributed by atoms with Crippen molar-refractivity contribution in [3.05, 3.63) is 35.1 Å². The highest BCUT2D eigenvalue weighted by Crippen LogP contribution is 2.20. The van der Waals surface area contributed by atoms with E-state index in [1.54, 1.807) is 6.07 Å². The molecule has 0 aromatic heterocycles. The Kier molecular flexibility index (Phi) is 3.43. The fourth-order valence-corrected chi connectivity index (χ4v) is 2.29. The summed E-state index contributed by atoms with van der Waals surface area (Å²) in [5.74, 6) is -1.87. The Hall–Kier alpha value is -1.42. The van der Waals surface area contributed by atoms with Crippen molar-refractivity contribution in [2.45, 2.75) is 32.4 Å². The molecule has 1 fully saturated rings. The maximum absolute atomic E-state index is 13.5. The molecule has 0 saturated carbocycles. The van der Waals surface area contributed by atoms with Gasteiger partial charge in [-0.1, -0.05) is 6.07 Å². The first-order chi connectivity index (χ1) is 8.08. The van der Waals surface area contributed by atoms with E-state index < -0.39 is 11.8 Å². The van der Waals surface area contributed by atoms with Gasteiger partial charge in [-0.3, -0.25) is 4.90 Å². The Morgan fingerprint density at radius 3 is 2.88 bits per heavy atom. The zero-order valence-electron chi connectivity index (χ0n) is 9.82. The number of rotatable bonds is 3. The fraction of sp³-hybridized carbons (Fsp3) is 0.462. The molecular weight excluding hydrogens is 221 g/mol. The number of hydrogen-bond acceptors (Lipinski definition) is 2. The summed E-state index contributed by atoms with van der Waals surface area (Å²) in [5, 5.41) is 8.73. The van der Waals surface area contributed by atoms with E-state index >= 15 is 0 Å². The number of hydrogen-bond donors (Lipinski definition) is 1. The normalized spacial score (nSPS) is 20.7. The van der Waals surface area contributed by atoms with Crippen molar-refractivity contribution in [3.63, 3.8) is 0 Å². The maximum Gasteiger partial charge on any atom is 0.338 e. The Morgan fingerprint density at radius 2 is 2.35 bits per heavy atom. The predicted octanol–water partition coefficient (Wildman–Crippen LogP) is 2.51. The zero-order chi connectivity index (χ0) is 12.4. The first-order valence-electron chi connectivity index (χ1n) is 5.83. The molecule has 17 heavy (non-hydrogen) atoms. The van der Waals surface area contributed by atoms with Gasteiger partial charge < -0.3 is 5.11 Å². The standard InChI is InChI=1S/C13H16FNO2/c1-9-3-2-6-15(9)8-10-4-5-11(13(16)17)12(14)7-10/h4-5,7,9H,2-3,6,8H2,1H3,(H,16,17). The van der Waals surface area contributed by atoms with E-state index in [-0.39, 0.29) is 5.56 Å². The first kappa shape index (κ1) is 12.0. The second kappa shape index (κ2) is 4.84. The molecule has 0 radical (unpaired) electrons. The maximum atomic E-state index is 13.5. The van der Waals surface area contributed by atoms with Crippen LogP contribution in [-0.4, -0.2) is 28.6 Å². The highest BCUT2D eigenvalue weighted by molar-refractivity contribution is 5.87. The van der Waals surface area contributed by atoms with Crippen LogP contribution in [0.4, 0.5) is 4.39 Å². The summed E-state index contributed by atoms with van der Waals surface area (Å²) in [5.41, 5.74) is 0.574. The van der Waals surface area contributed by atoms with Gasteiger partial charge in [0.05, 0.1) is 5.56 Å². The quantitative estimate of drug-likeness (QED) is 0.878. The predicted molar refractivity (Wildman–Crippen MR) is 62.5 cm³/mol. The third-order valence-electron chi connectivity index (χ3n) is 3.34. The summed E-state index contributed by atoms with van der Waals surface area (Å²) in [7, 11) is 0. The molecule has 1 heterocycles. The molecule has 1 aromatic carbocycles. The number of carboxylic acids is 1. The Balaban J connectivity index is 2.12. The molecule has 1 aliphatic heterocycles. The highest BCUT2D eigenvalue weighted by Gasteiger charge is 2.20. The summed E-state index contributed by atoms with van der Waals surface area (Å²) in [6, 6.07) is 4.89. The zero-order valence-corrected chi connectivity index (χ0v) is 9.82. The van der Waals surface area contributed by atoms with Crippen molar-refractivity contribution in [1.82, 2.24) is 4.90 Å². The summed E-state index contributed by atoms with van der Waals surface area (Å²) < 4.78 is 13.5. The van der Waals surface area contributed by atoms with Crippen LogP contribution < -0.4 is 0 Å². The SMILES string of the molecule is CC1CCCN1Cc1ccc(C(=O)O)c(F)c1.